The third-order valence-electron chi connectivity index (χ3n) is 5.83. The summed E-state index contributed by atoms with van der Waals surface area (Å²) in [7, 11) is 0. The molecule has 2 heterocycles. The summed E-state index contributed by atoms with van der Waals surface area (Å²) in [6, 6.07) is 17.1. The molecule has 0 saturated carbocycles. The zero-order chi connectivity index (χ0) is 24.2. The van der Waals surface area contributed by atoms with Crippen LogP contribution in [0.25, 0.3) is 0 Å². The fraction of sp³-hybridized carbons (Fsp3) is 0.400. The second kappa shape index (κ2) is 10.5. The molecular weight excluding hydrogens is 440 g/mol. The van der Waals surface area contributed by atoms with E-state index in [1.165, 1.54) is 0 Å². The molecule has 4 rings (SSSR count). The van der Waals surface area contributed by atoms with Gasteiger partial charge in [0.05, 0.1) is 6.61 Å². The van der Waals surface area contributed by atoms with E-state index in [2.05, 4.69) is 10.2 Å². The van der Waals surface area contributed by atoms with Gasteiger partial charge in [-0.15, -0.1) is 5.10 Å². The molecule has 3 aromatic rings. The summed E-state index contributed by atoms with van der Waals surface area (Å²) in [5.41, 5.74) is 2.48. The lowest BCUT2D eigenvalue weighted by atomic mass is 9.98. The number of hydrogen-bond acceptors (Lipinski definition) is 8. The standard InChI is InChI=1S/C25H30N2O7/c1-14(2)20-17(12-15-8-6-7-11-18(15)32-16-9-4-3-5-10-16)24(27-26-20)34-25-23(31)22(30)21(29)19(13-28)33-25/h3-11,14,19,21-23,25,28-31H,12-13H2,1-2H3,(H,26,27)/t19-,21-,22+,23-,25+/m1/s1. The first-order valence-electron chi connectivity index (χ1n) is 11.2. The van der Waals surface area contributed by atoms with E-state index in [9.17, 15) is 20.4 Å². The van der Waals surface area contributed by atoms with Gasteiger partial charge >= 0.3 is 0 Å². The van der Waals surface area contributed by atoms with Crippen molar-refractivity contribution >= 4 is 0 Å². The second-order valence-electron chi connectivity index (χ2n) is 8.59. The molecule has 9 heteroatoms. The maximum absolute atomic E-state index is 10.4. The number of benzene rings is 2. The van der Waals surface area contributed by atoms with Crippen LogP contribution in [0.5, 0.6) is 17.4 Å². The number of rotatable bonds is 8. The predicted octanol–water partition coefficient (Wildman–Crippen LogP) is 2.09. The summed E-state index contributed by atoms with van der Waals surface area (Å²) < 4.78 is 17.5. The van der Waals surface area contributed by atoms with Gasteiger partial charge in [0, 0.05) is 17.7 Å². The lowest BCUT2D eigenvalue weighted by Crippen LogP contribution is -2.60. The van der Waals surface area contributed by atoms with Crippen LogP contribution < -0.4 is 9.47 Å². The number of aliphatic hydroxyl groups is 4. The van der Waals surface area contributed by atoms with Gasteiger partial charge in [0.2, 0.25) is 12.2 Å². The summed E-state index contributed by atoms with van der Waals surface area (Å²) >= 11 is 0. The van der Waals surface area contributed by atoms with Crippen LogP contribution in [-0.4, -0.2) is 67.9 Å². The minimum atomic E-state index is -1.54. The van der Waals surface area contributed by atoms with Gasteiger partial charge in [-0.1, -0.05) is 50.2 Å². The molecule has 0 spiro atoms. The van der Waals surface area contributed by atoms with E-state index in [0.717, 1.165) is 16.8 Å². The van der Waals surface area contributed by atoms with Crippen LogP contribution in [-0.2, 0) is 11.2 Å². The third-order valence-corrected chi connectivity index (χ3v) is 5.83. The van der Waals surface area contributed by atoms with Crippen LogP contribution in [0.3, 0.4) is 0 Å². The molecule has 0 radical (unpaired) electrons. The summed E-state index contributed by atoms with van der Waals surface area (Å²) in [4.78, 5) is 0. The smallest absolute Gasteiger partial charge is 0.238 e. The molecule has 5 atom stereocenters. The van der Waals surface area contributed by atoms with E-state index in [1.807, 2.05) is 68.4 Å². The summed E-state index contributed by atoms with van der Waals surface area (Å²) in [6.45, 7) is 3.49. The van der Waals surface area contributed by atoms with Crippen molar-refractivity contribution in [3.05, 3.63) is 71.4 Å². The summed E-state index contributed by atoms with van der Waals surface area (Å²) in [6.07, 6.45) is -6.52. The Hall–Kier alpha value is -2.95. The number of nitrogens with zero attached hydrogens (tertiary/aromatic N) is 1. The first-order valence-corrected chi connectivity index (χ1v) is 11.2. The van der Waals surface area contributed by atoms with Gasteiger partial charge in [-0.05, 0) is 29.7 Å². The molecule has 34 heavy (non-hydrogen) atoms. The molecule has 9 nitrogen and oxygen atoms in total. The van der Waals surface area contributed by atoms with Crippen LogP contribution >= 0.6 is 0 Å². The quantitative estimate of drug-likeness (QED) is 0.338. The number of aromatic nitrogens is 2. The van der Waals surface area contributed by atoms with Crippen molar-refractivity contribution < 1.29 is 34.6 Å². The van der Waals surface area contributed by atoms with Gasteiger partial charge in [-0.25, -0.2) is 0 Å². The second-order valence-corrected chi connectivity index (χ2v) is 8.59. The van der Waals surface area contributed by atoms with Crippen LogP contribution in [0.4, 0.5) is 0 Å². The van der Waals surface area contributed by atoms with Crippen molar-refractivity contribution in [2.45, 2.75) is 56.9 Å². The third kappa shape index (κ3) is 5.08. The number of aliphatic hydroxyl groups excluding tert-OH is 4. The Balaban J connectivity index is 1.62. The van der Waals surface area contributed by atoms with E-state index in [1.54, 1.807) is 0 Å². The topological polar surface area (TPSA) is 137 Å². The Morgan fingerprint density at radius 1 is 0.971 bits per heavy atom. The summed E-state index contributed by atoms with van der Waals surface area (Å²) in [5.74, 6) is 1.69. The van der Waals surface area contributed by atoms with Crippen molar-refractivity contribution in [1.29, 1.82) is 0 Å². The van der Waals surface area contributed by atoms with Crippen molar-refractivity contribution in [3.63, 3.8) is 0 Å². The fourth-order valence-corrected chi connectivity index (χ4v) is 3.94. The van der Waals surface area contributed by atoms with Crippen molar-refractivity contribution in [3.8, 4) is 17.4 Å². The van der Waals surface area contributed by atoms with Crippen molar-refractivity contribution in [1.82, 2.24) is 10.2 Å². The highest BCUT2D eigenvalue weighted by Gasteiger charge is 2.45. The van der Waals surface area contributed by atoms with Crippen LogP contribution in [0, 0.1) is 0 Å². The predicted molar refractivity (Wildman–Crippen MR) is 123 cm³/mol. The maximum Gasteiger partial charge on any atom is 0.238 e. The highest BCUT2D eigenvalue weighted by Crippen LogP contribution is 2.34. The lowest BCUT2D eigenvalue weighted by molar-refractivity contribution is -0.278. The molecule has 2 aromatic carbocycles. The highest BCUT2D eigenvalue weighted by atomic mass is 16.7. The SMILES string of the molecule is CC(C)c1[nH]nc(O[C@@H]2O[C@H](CO)[C@@H](O)[C@H](O)[C@H]2O)c1Cc1ccccc1Oc1ccccc1. The average Bonchev–Trinajstić information content (AvgIpc) is 3.23. The molecule has 0 bridgehead atoms. The molecule has 1 saturated heterocycles. The number of H-pyrrole nitrogens is 1. The van der Waals surface area contributed by atoms with E-state index >= 15 is 0 Å². The molecule has 0 amide bonds. The van der Waals surface area contributed by atoms with E-state index in [4.69, 9.17) is 14.2 Å². The van der Waals surface area contributed by atoms with E-state index in [-0.39, 0.29) is 11.8 Å². The Kier molecular flexibility index (Phi) is 7.50. The van der Waals surface area contributed by atoms with E-state index in [0.29, 0.717) is 17.9 Å². The van der Waals surface area contributed by atoms with Gasteiger partial charge in [0.1, 0.15) is 35.9 Å². The van der Waals surface area contributed by atoms with Gasteiger partial charge < -0.3 is 34.6 Å². The number of hydrogen-bond donors (Lipinski definition) is 5. The molecular formula is C25H30N2O7. The molecule has 182 valence electrons. The Labute approximate surface area is 197 Å². The first kappa shape index (κ1) is 24.2. The van der Waals surface area contributed by atoms with Crippen LogP contribution in [0.1, 0.15) is 36.6 Å². The number of aromatic amines is 1. The van der Waals surface area contributed by atoms with Crippen molar-refractivity contribution in [2.75, 3.05) is 6.61 Å². The highest BCUT2D eigenvalue weighted by molar-refractivity contribution is 5.44. The first-order chi connectivity index (χ1) is 16.4. The Bertz CT molecular complexity index is 1070. The normalized spacial score (nSPS) is 24.9. The van der Waals surface area contributed by atoms with Gasteiger partial charge in [0.25, 0.3) is 0 Å². The zero-order valence-corrected chi connectivity index (χ0v) is 19.0. The van der Waals surface area contributed by atoms with Gasteiger partial charge in [-0.2, -0.15) is 0 Å². The Morgan fingerprint density at radius 2 is 1.68 bits per heavy atom. The maximum atomic E-state index is 10.4. The zero-order valence-electron chi connectivity index (χ0n) is 19.0. The number of ether oxygens (including phenoxy) is 3. The average molecular weight is 471 g/mol. The monoisotopic (exact) mass is 470 g/mol. The molecule has 1 fully saturated rings. The summed E-state index contributed by atoms with van der Waals surface area (Å²) in [5, 5.41) is 47.3. The Morgan fingerprint density at radius 3 is 2.38 bits per heavy atom. The molecule has 0 aliphatic carbocycles. The van der Waals surface area contributed by atoms with Crippen molar-refractivity contribution in [2.24, 2.45) is 0 Å². The van der Waals surface area contributed by atoms with Crippen LogP contribution in [0.15, 0.2) is 54.6 Å². The van der Waals surface area contributed by atoms with Gasteiger partial charge in [-0.3, -0.25) is 5.10 Å². The lowest BCUT2D eigenvalue weighted by Gasteiger charge is -2.39. The van der Waals surface area contributed by atoms with Gasteiger partial charge in [0.15, 0.2) is 0 Å². The molecule has 5 N–H and O–H groups in total. The molecule has 1 aliphatic heterocycles. The molecule has 1 aromatic heterocycles. The van der Waals surface area contributed by atoms with E-state index < -0.39 is 37.3 Å². The fourth-order valence-electron chi connectivity index (χ4n) is 3.94. The number of para-hydroxylation sites is 2. The largest absolute Gasteiger partial charge is 0.457 e. The van der Waals surface area contributed by atoms with Crippen LogP contribution in [0.2, 0.25) is 0 Å². The number of nitrogens with one attached hydrogen (secondary N) is 1. The molecule has 1 aliphatic rings. The molecule has 0 unspecified atom stereocenters. The minimum absolute atomic E-state index is 0.0943. The minimum Gasteiger partial charge on any atom is -0.457 e.